The highest BCUT2D eigenvalue weighted by atomic mass is 16.5. The molecular formula is C22H26N2O2. The molecule has 2 aliphatic rings. The third-order valence-electron chi connectivity index (χ3n) is 5.50. The fourth-order valence-electron chi connectivity index (χ4n) is 3.85. The number of carbonyl (C=O) groups excluding carboxylic acids is 1. The van der Waals surface area contributed by atoms with Crippen LogP contribution in [-0.4, -0.2) is 43.0 Å². The Morgan fingerprint density at radius 2 is 1.65 bits per heavy atom. The van der Waals surface area contributed by atoms with Crippen LogP contribution in [0.25, 0.3) is 0 Å². The summed E-state index contributed by atoms with van der Waals surface area (Å²) in [6.45, 7) is 1.21. The summed E-state index contributed by atoms with van der Waals surface area (Å²) >= 11 is 0. The molecule has 4 rings (SSSR count). The number of likely N-dealkylation sites (N-methyl/N-ethyl adjacent to an activating group) is 1. The van der Waals surface area contributed by atoms with Gasteiger partial charge in [-0.2, -0.15) is 0 Å². The SMILES string of the molecule is COc1ccc(CCN2C(=O)CN(C)C2c2ccc(C3CC3)cc2)cc1. The van der Waals surface area contributed by atoms with E-state index < -0.39 is 0 Å². The minimum absolute atomic E-state index is 0.0361. The summed E-state index contributed by atoms with van der Waals surface area (Å²) in [6.07, 6.45) is 3.51. The highest BCUT2D eigenvalue weighted by Gasteiger charge is 2.36. The molecule has 1 aliphatic heterocycles. The lowest BCUT2D eigenvalue weighted by atomic mass is 10.1. The zero-order valence-corrected chi connectivity index (χ0v) is 15.5. The molecule has 2 aromatic carbocycles. The first-order valence-electron chi connectivity index (χ1n) is 9.38. The largest absolute Gasteiger partial charge is 0.497 e. The Hall–Kier alpha value is -2.33. The molecule has 1 saturated heterocycles. The minimum Gasteiger partial charge on any atom is -0.497 e. The van der Waals surface area contributed by atoms with Crippen LogP contribution in [0.15, 0.2) is 48.5 Å². The third kappa shape index (κ3) is 3.47. The van der Waals surface area contributed by atoms with Crippen molar-refractivity contribution < 1.29 is 9.53 Å². The standard InChI is InChI=1S/C22H26N2O2/c1-23-15-21(25)24(14-13-16-3-11-20(26-2)12-4-16)22(23)19-9-7-18(8-10-19)17-5-6-17/h3-4,7-12,17,22H,5-6,13-15H2,1-2H3. The van der Waals surface area contributed by atoms with Crippen molar-refractivity contribution in [3.63, 3.8) is 0 Å². The van der Waals surface area contributed by atoms with Gasteiger partial charge >= 0.3 is 0 Å². The molecule has 0 N–H and O–H groups in total. The third-order valence-corrected chi connectivity index (χ3v) is 5.50. The molecule has 0 bridgehead atoms. The van der Waals surface area contributed by atoms with Gasteiger partial charge in [0.1, 0.15) is 11.9 Å². The van der Waals surface area contributed by atoms with Crippen molar-refractivity contribution in [2.24, 2.45) is 0 Å². The highest BCUT2D eigenvalue weighted by Crippen LogP contribution is 2.40. The van der Waals surface area contributed by atoms with Crippen LogP contribution in [0.2, 0.25) is 0 Å². The van der Waals surface area contributed by atoms with E-state index in [0.29, 0.717) is 6.54 Å². The maximum absolute atomic E-state index is 12.5. The van der Waals surface area contributed by atoms with Gasteiger partial charge in [-0.3, -0.25) is 9.69 Å². The quantitative estimate of drug-likeness (QED) is 0.798. The summed E-state index contributed by atoms with van der Waals surface area (Å²) in [5.41, 5.74) is 3.86. The molecule has 0 aromatic heterocycles. The fourth-order valence-corrected chi connectivity index (χ4v) is 3.85. The first kappa shape index (κ1) is 17.1. The van der Waals surface area contributed by atoms with Gasteiger partial charge in [-0.05, 0) is 61.1 Å². The van der Waals surface area contributed by atoms with E-state index in [1.165, 1.54) is 29.5 Å². The molecule has 1 unspecified atom stereocenters. The first-order chi connectivity index (χ1) is 12.7. The van der Waals surface area contributed by atoms with Gasteiger partial charge in [0.25, 0.3) is 0 Å². The smallest absolute Gasteiger partial charge is 0.238 e. The van der Waals surface area contributed by atoms with Gasteiger partial charge in [0.2, 0.25) is 5.91 Å². The van der Waals surface area contributed by atoms with Crippen molar-refractivity contribution >= 4 is 5.91 Å². The monoisotopic (exact) mass is 350 g/mol. The Morgan fingerprint density at radius 3 is 2.27 bits per heavy atom. The number of hydrogen-bond acceptors (Lipinski definition) is 3. The molecule has 1 aliphatic carbocycles. The lowest BCUT2D eigenvalue weighted by Gasteiger charge is -2.28. The van der Waals surface area contributed by atoms with Crippen LogP contribution < -0.4 is 4.74 Å². The Bertz CT molecular complexity index is 766. The molecule has 26 heavy (non-hydrogen) atoms. The van der Waals surface area contributed by atoms with Crippen LogP contribution in [0.5, 0.6) is 5.75 Å². The predicted molar refractivity (Wildman–Crippen MR) is 102 cm³/mol. The molecule has 4 heteroatoms. The number of ether oxygens (including phenoxy) is 1. The van der Waals surface area contributed by atoms with E-state index >= 15 is 0 Å². The van der Waals surface area contributed by atoms with E-state index in [9.17, 15) is 4.79 Å². The normalized spacial score (nSPS) is 20.6. The topological polar surface area (TPSA) is 32.8 Å². The number of nitrogens with zero attached hydrogens (tertiary/aromatic N) is 2. The van der Waals surface area contributed by atoms with E-state index in [0.717, 1.165) is 24.6 Å². The van der Waals surface area contributed by atoms with Crippen molar-refractivity contribution in [1.82, 2.24) is 9.80 Å². The number of carbonyl (C=O) groups is 1. The summed E-state index contributed by atoms with van der Waals surface area (Å²) in [4.78, 5) is 16.7. The molecule has 0 radical (unpaired) electrons. The van der Waals surface area contributed by atoms with Crippen molar-refractivity contribution in [2.45, 2.75) is 31.3 Å². The second-order valence-corrected chi connectivity index (χ2v) is 7.41. The second kappa shape index (κ2) is 7.12. The molecular weight excluding hydrogens is 324 g/mol. The van der Waals surface area contributed by atoms with Crippen LogP contribution in [0.3, 0.4) is 0 Å². The second-order valence-electron chi connectivity index (χ2n) is 7.41. The summed E-state index contributed by atoms with van der Waals surface area (Å²) in [5.74, 6) is 1.83. The predicted octanol–water partition coefficient (Wildman–Crippen LogP) is 3.59. The van der Waals surface area contributed by atoms with Gasteiger partial charge < -0.3 is 9.64 Å². The van der Waals surface area contributed by atoms with Gasteiger partial charge in [0, 0.05) is 6.54 Å². The van der Waals surface area contributed by atoms with Gasteiger partial charge in [0.15, 0.2) is 0 Å². The summed E-state index contributed by atoms with van der Waals surface area (Å²) in [6, 6.07) is 17.0. The molecule has 1 amide bonds. The minimum atomic E-state index is 0.0361. The van der Waals surface area contributed by atoms with E-state index in [1.54, 1.807) is 7.11 Å². The van der Waals surface area contributed by atoms with Crippen LogP contribution in [0.1, 0.15) is 41.6 Å². The van der Waals surface area contributed by atoms with Crippen molar-refractivity contribution in [1.29, 1.82) is 0 Å². The zero-order chi connectivity index (χ0) is 18.1. The summed E-state index contributed by atoms with van der Waals surface area (Å²) in [5, 5.41) is 0. The average molecular weight is 350 g/mol. The average Bonchev–Trinajstić information content (AvgIpc) is 3.46. The Balaban J connectivity index is 1.47. The number of benzene rings is 2. The van der Waals surface area contributed by atoms with Gasteiger partial charge in [-0.25, -0.2) is 0 Å². The fraction of sp³-hybridized carbons (Fsp3) is 0.409. The van der Waals surface area contributed by atoms with Crippen LogP contribution in [0, 0.1) is 0 Å². The first-order valence-corrected chi connectivity index (χ1v) is 9.38. The lowest BCUT2D eigenvalue weighted by molar-refractivity contribution is -0.128. The van der Waals surface area contributed by atoms with E-state index in [2.05, 4.69) is 41.3 Å². The molecule has 2 fully saturated rings. The van der Waals surface area contributed by atoms with E-state index in [-0.39, 0.29) is 12.1 Å². The molecule has 1 heterocycles. The molecule has 136 valence electrons. The highest BCUT2D eigenvalue weighted by molar-refractivity contribution is 5.81. The van der Waals surface area contributed by atoms with Crippen molar-refractivity contribution in [2.75, 3.05) is 27.2 Å². The van der Waals surface area contributed by atoms with Crippen LogP contribution >= 0.6 is 0 Å². The molecule has 0 spiro atoms. The van der Waals surface area contributed by atoms with E-state index in [4.69, 9.17) is 4.74 Å². The Morgan fingerprint density at radius 1 is 1.00 bits per heavy atom. The van der Waals surface area contributed by atoms with Crippen molar-refractivity contribution in [3.05, 3.63) is 65.2 Å². The van der Waals surface area contributed by atoms with Crippen molar-refractivity contribution in [3.8, 4) is 5.75 Å². The van der Waals surface area contributed by atoms with Gasteiger partial charge in [0.05, 0.1) is 13.7 Å². The van der Waals surface area contributed by atoms with Gasteiger partial charge in [-0.1, -0.05) is 36.4 Å². The number of methoxy groups -OCH3 is 1. The van der Waals surface area contributed by atoms with Crippen LogP contribution in [-0.2, 0) is 11.2 Å². The Kier molecular flexibility index (Phi) is 4.68. The number of hydrogen-bond donors (Lipinski definition) is 0. The molecule has 4 nitrogen and oxygen atoms in total. The molecule has 1 atom stereocenters. The van der Waals surface area contributed by atoms with Gasteiger partial charge in [-0.15, -0.1) is 0 Å². The summed E-state index contributed by atoms with van der Waals surface area (Å²) in [7, 11) is 3.71. The Labute approximate surface area is 155 Å². The molecule has 1 saturated carbocycles. The lowest BCUT2D eigenvalue weighted by Crippen LogP contribution is -2.32. The number of rotatable bonds is 6. The van der Waals surface area contributed by atoms with Crippen LogP contribution in [0.4, 0.5) is 0 Å². The maximum atomic E-state index is 12.5. The van der Waals surface area contributed by atoms with E-state index in [1.807, 2.05) is 24.1 Å². The molecule has 2 aromatic rings. The maximum Gasteiger partial charge on any atom is 0.238 e. The summed E-state index contributed by atoms with van der Waals surface area (Å²) < 4.78 is 5.21. The zero-order valence-electron chi connectivity index (χ0n) is 15.5. The number of amides is 1.